The Balaban J connectivity index is 1.67. The zero-order valence-corrected chi connectivity index (χ0v) is 13.7. The van der Waals surface area contributed by atoms with E-state index in [9.17, 15) is 4.79 Å². The number of anilines is 1. The van der Waals surface area contributed by atoms with Gasteiger partial charge >= 0.3 is 0 Å². The van der Waals surface area contributed by atoms with E-state index in [0.717, 1.165) is 24.1 Å². The Hall–Kier alpha value is -1.46. The van der Waals surface area contributed by atoms with E-state index < -0.39 is 0 Å². The summed E-state index contributed by atoms with van der Waals surface area (Å²) in [5.74, 6) is -0.00431. The first-order valence-electron chi connectivity index (χ1n) is 8.00. The van der Waals surface area contributed by atoms with Gasteiger partial charge < -0.3 is 10.1 Å². The van der Waals surface area contributed by atoms with Gasteiger partial charge in [0.15, 0.2) is 5.11 Å². The molecule has 22 heavy (non-hydrogen) atoms. The molecule has 1 aromatic carbocycles. The molecule has 2 fully saturated rings. The third-order valence-electron chi connectivity index (χ3n) is 4.34. The first kappa shape index (κ1) is 15.4. The van der Waals surface area contributed by atoms with Crippen molar-refractivity contribution in [2.75, 3.05) is 4.90 Å². The van der Waals surface area contributed by atoms with Crippen LogP contribution in [0.3, 0.4) is 0 Å². The SMILES string of the molecule is CC1NC(=S)N(c2cccc(COC3CCCCC3)c2)C1=O. The molecule has 1 saturated carbocycles. The van der Waals surface area contributed by atoms with Gasteiger partial charge in [-0.25, -0.2) is 0 Å². The van der Waals surface area contributed by atoms with Crippen molar-refractivity contribution >= 4 is 28.9 Å². The van der Waals surface area contributed by atoms with Crippen LogP contribution in [0.15, 0.2) is 24.3 Å². The predicted octanol–water partition coefficient (Wildman–Crippen LogP) is 3.15. The van der Waals surface area contributed by atoms with Crippen molar-refractivity contribution in [3.63, 3.8) is 0 Å². The molecule has 0 radical (unpaired) electrons. The number of amides is 1. The fourth-order valence-corrected chi connectivity index (χ4v) is 3.45. The summed E-state index contributed by atoms with van der Waals surface area (Å²) < 4.78 is 6.01. The van der Waals surface area contributed by atoms with Crippen molar-refractivity contribution in [2.45, 2.75) is 57.8 Å². The molecule has 1 atom stereocenters. The van der Waals surface area contributed by atoms with E-state index in [4.69, 9.17) is 17.0 Å². The summed E-state index contributed by atoms with van der Waals surface area (Å²) in [5, 5.41) is 3.47. The first-order chi connectivity index (χ1) is 10.6. The van der Waals surface area contributed by atoms with Gasteiger partial charge in [-0.1, -0.05) is 31.4 Å². The smallest absolute Gasteiger partial charge is 0.255 e. The lowest BCUT2D eigenvalue weighted by Crippen LogP contribution is -2.30. The van der Waals surface area contributed by atoms with Gasteiger partial charge in [-0.2, -0.15) is 0 Å². The average molecular weight is 318 g/mol. The fourth-order valence-electron chi connectivity index (χ4n) is 3.08. The van der Waals surface area contributed by atoms with Gasteiger partial charge in [-0.3, -0.25) is 9.69 Å². The van der Waals surface area contributed by atoms with Gasteiger partial charge in [0.25, 0.3) is 5.91 Å². The molecule has 2 aliphatic rings. The molecule has 1 aliphatic heterocycles. The van der Waals surface area contributed by atoms with Crippen LogP contribution in [0.5, 0.6) is 0 Å². The number of hydrogen-bond donors (Lipinski definition) is 1. The lowest BCUT2D eigenvalue weighted by atomic mass is 9.98. The van der Waals surface area contributed by atoms with Crippen molar-refractivity contribution in [3.8, 4) is 0 Å². The van der Waals surface area contributed by atoms with E-state index in [1.165, 1.54) is 19.3 Å². The predicted molar refractivity (Wildman–Crippen MR) is 90.8 cm³/mol. The highest BCUT2D eigenvalue weighted by Crippen LogP contribution is 2.24. The third kappa shape index (κ3) is 3.31. The highest BCUT2D eigenvalue weighted by molar-refractivity contribution is 7.80. The number of benzene rings is 1. The molecule has 4 nitrogen and oxygen atoms in total. The Morgan fingerprint density at radius 3 is 2.77 bits per heavy atom. The summed E-state index contributed by atoms with van der Waals surface area (Å²) in [5.41, 5.74) is 1.90. The first-order valence-corrected chi connectivity index (χ1v) is 8.41. The molecule has 0 spiro atoms. The van der Waals surface area contributed by atoms with E-state index >= 15 is 0 Å². The molecule has 1 N–H and O–H groups in total. The lowest BCUT2D eigenvalue weighted by Gasteiger charge is -2.22. The largest absolute Gasteiger partial charge is 0.374 e. The molecule has 0 bridgehead atoms. The summed E-state index contributed by atoms with van der Waals surface area (Å²) in [6, 6.07) is 7.64. The van der Waals surface area contributed by atoms with Crippen LogP contribution in [0.2, 0.25) is 0 Å². The lowest BCUT2D eigenvalue weighted by molar-refractivity contribution is -0.117. The van der Waals surface area contributed by atoms with Crippen LogP contribution in [-0.4, -0.2) is 23.2 Å². The Morgan fingerprint density at radius 1 is 1.32 bits per heavy atom. The van der Waals surface area contributed by atoms with Crippen LogP contribution in [0.1, 0.15) is 44.6 Å². The van der Waals surface area contributed by atoms with Gasteiger partial charge in [0.1, 0.15) is 6.04 Å². The number of carbonyl (C=O) groups is 1. The van der Waals surface area contributed by atoms with Crippen LogP contribution in [0, 0.1) is 0 Å². The monoisotopic (exact) mass is 318 g/mol. The number of carbonyl (C=O) groups excluding carboxylic acids is 1. The maximum atomic E-state index is 12.2. The second-order valence-electron chi connectivity index (χ2n) is 6.09. The minimum Gasteiger partial charge on any atom is -0.374 e. The number of nitrogens with zero attached hydrogens (tertiary/aromatic N) is 1. The zero-order chi connectivity index (χ0) is 15.5. The van der Waals surface area contributed by atoms with Gasteiger partial charge in [-0.05, 0) is 49.7 Å². The van der Waals surface area contributed by atoms with Gasteiger partial charge in [0, 0.05) is 0 Å². The second kappa shape index (κ2) is 6.75. The Morgan fingerprint density at radius 2 is 2.09 bits per heavy atom. The zero-order valence-electron chi connectivity index (χ0n) is 12.9. The van der Waals surface area contributed by atoms with Crippen molar-refractivity contribution in [1.29, 1.82) is 0 Å². The normalized spacial score (nSPS) is 23.0. The van der Waals surface area contributed by atoms with Crippen molar-refractivity contribution in [1.82, 2.24) is 5.32 Å². The Kier molecular flexibility index (Phi) is 4.74. The van der Waals surface area contributed by atoms with E-state index in [0.29, 0.717) is 17.8 Å². The quantitative estimate of drug-likeness (QED) is 0.866. The molecule has 1 aliphatic carbocycles. The summed E-state index contributed by atoms with van der Waals surface area (Å²) in [6.07, 6.45) is 6.57. The van der Waals surface area contributed by atoms with E-state index in [2.05, 4.69) is 5.32 Å². The summed E-state index contributed by atoms with van der Waals surface area (Å²) in [7, 11) is 0. The molecule has 1 amide bonds. The van der Waals surface area contributed by atoms with Crippen LogP contribution in [0.4, 0.5) is 5.69 Å². The standard InChI is InChI=1S/C17H22N2O2S/c1-12-16(20)19(17(22)18-12)14-7-5-6-13(10-14)11-21-15-8-3-2-4-9-15/h5-7,10,12,15H,2-4,8-9,11H2,1H3,(H,18,22). The van der Waals surface area contributed by atoms with Gasteiger partial charge in [0.05, 0.1) is 18.4 Å². The van der Waals surface area contributed by atoms with Crippen LogP contribution < -0.4 is 10.2 Å². The minimum atomic E-state index is -0.255. The number of hydrogen-bond acceptors (Lipinski definition) is 3. The topological polar surface area (TPSA) is 41.6 Å². The van der Waals surface area contributed by atoms with Crippen molar-refractivity contribution in [2.24, 2.45) is 0 Å². The average Bonchev–Trinajstić information content (AvgIpc) is 2.79. The van der Waals surface area contributed by atoms with E-state index in [-0.39, 0.29) is 11.9 Å². The highest BCUT2D eigenvalue weighted by Gasteiger charge is 2.33. The maximum absolute atomic E-state index is 12.2. The van der Waals surface area contributed by atoms with E-state index in [1.54, 1.807) is 4.90 Å². The van der Waals surface area contributed by atoms with E-state index in [1.807, 2.05) is 31.2 Å². The molecule has 1 unspecified atom stereocenters. The number of thiocarbonyl (C=S) groups is 1. The Labute approximate surface area is 136 Å². The molecule has 1 heterocycles. The van der Waals surface area contributed by atoms with Gasteiger partial charge in [0.2, 0.25) is 0 Å². The minimum absolute atomic E-state index is 0.00431. The Bertz CT molecular complexity index is 570. The molecule has 3 rings (SSSR count). The molecule has 1 saturated heterocycles. The fraction of sp³-hybridized carbons (Fsp3) is 0.529. The van der Waals surface area contributed by atoms with Crippen LogP contribution in [-0.2, 0) is 16.1 Å². The summed E-state index contributed by atoms with van der Waals surface area (Å²) >= 11 is 5.25. The highest BCUT2D eigenvalue weighted by atomic mass is 32.1. The number of ether oxygens (including phenoxy) is 1. The second-order valence-corrected chi connectivity index (χ2v) is 6.47. The molecular weight excluding hydrogens is 296 g/mol. The third-order valence-corrected chi connectivity index (χ3v) is 4.64. The van der Waals surface area contributed by atoms with Crippen molar-refractivity contribution in [3.05, 3.63) is 29.8 Å². The molecule has 5 heteroatoms. The summed E-state index contributed by atoms with van der Waals surface area (Å²) in [4.78, 5) is 13.8. The maximum Gasteiger partial charge on any atom is 0.255 e. The molecule has 118 valence electrons. The van der Waals surface area contributed by atoms with Gasteiger partial charge in [-0.15, -0.1) is 0 Å². The summed E-state index contributed by atoms with van der Waals surface area (Å²) in [6.45, 7) is 2.42. The number of nitrogens with one attached hydrogen (secondary N) is 1. The molecule has 1 aromatic rings. The molecule has 0 aromatic heterocycles. The van der Waals surface area contributed by atoms with Crippen LogP contribution >= 0.6 is 12.2 Å². The number of rotatable bonds is 4. The molecular formula is C17H22N2O2S. The van der Waals surface area contributed by atoms with Crippen molar-refractivity contribution < 1.29 is 9.53 Å². The van der Waals surface area contributed by atoms with Crippen LogP contribution in [0.25, 0.3) is 0 Å².